The van der Waals surface area contributed by atoms with E-state index in [-0.39, 0.29) is 23.6 Å². The number of rotatable bonds is 4. The standard InChI is InChI=1S/C25H29FN6O3/c1-15-10-11-28-23(31-15)34-19-9-8-16(13-17(19)26)20-21(29-14-30-22(20)27)18-7-5-6-12-32(18)24(33)35-25(2,3)4/h8-11,13-14,18H,5-7,12H2,1-4H3,(H2,27,29,30). The summed E-state index contributed by atoms with van der Waals surface area (Å²) in [5, 5.41) is 0. The van der Waals surface area contributed by atoms with Crippen LogP contribution in [0.1, 0.15) is 57.5 Å². The number of aryl methyl sites for hydroxylation is 1. The summed E-state index contributed by atoms with van der Waals surface area (Å²) in [6, 6.07) is 5.86. The number of ether oxygens (including phenoxy) is 2. The molecule has 9 nitrogen and oxygen atoms in total. The normalized spacial score (nSPS) is 16.1. The van der Waals surface area contributed by atoms with Crippen LogP contribution >= 0.6 is 0 Å². The average molecular weight is 481 g/mol. The van der Waals surface area contributed by atoms with Gasteiger partial charge in [-0.25, -0.2) is 29.1 Å². The van der Waals surface area contributed by atoms with E-state index in [4.69, 9.17) is 15.2 Å². The number of likely N-dealkylation sites (tertiary alicyclic amines) is 1. The number of benzene rings is 1. The van der Waals surface area contributed by atoms with Gasteiger partial charge in [0.15, 0.2) is 11.6 Å². The Balaban J connectivity index is 1.69. The van der Waals surface area contributed by atoms with Crippen LogP contribution in [0.4, 0.5) is 15.0 Å². The van der Waals surface area contributed by atoms with Crippen LogP contribution in [0, 0.1) is 12.7 Å². The Morgan fingerprint density at radius 3 is 2.69 bits per heavy atom. The number of nitrogen functional groups attached to an aromatic ring is 1. The van der Waals surface area contributed by atoms with Gasteiger partial charge in [0.05, 0.1) is 11.7 Å². The van der Waals surface area contributed by atoms with E-state index in [1.165, 1.54) is 18.5 Å². The highest BCUT2D eigenvalue weighted by atomic mass is 19.1. The molecule has 0 bridgehead atoms. The van der Waals surface area contributed by atoms with Gasteiger partial charge in [0.1, 0.15) is 17.7 Å². The van der Waals surface area contributed by atoms with Crippen LogP contribution in [0.3, 0.4) is 0 Å². The van der Waals surface area contributed by atoms with Gasteiger partial charge in [-0.05, 0) is 70.7 Å². The monoisotopic (exact) mass is 480 g/mol. The summed E-state index contributed by atoms with van der Waals surface area (Å²) >= 11 is 0. The van der Waals surface area contributed by atoms with E-state index >= 15 is 4.39 Å². The van der Waals surface area contributed by atoms with Gasteiger partial charge in [0.2, 0.25) is 0 Å². The van der Waals surface area contributed by atoms with Crippen LogP contribution in [-0.2, 0) is 4.74 Å². The summed E-state index contributed by atoms with van der Waals surface area (Å²) in [7, 11) is 0. The van der Waals surface area contributed by atoms with Gasteiger partial charge in [-0.2, -0.15) is 0 Å². The van der Waals surface area contributed by atoms with E-state index in [9.17, 15) is 4.79 Å². The molecule has 2 aromatic heterocycles. The number of anilines is 1. The van der Waals surface area contributed by atoms with Crippen molar-refractivity contribution >= 4 is 11.9 Å². The highest BCUT2D eigenvalue weighted by Crippen LogP contribution is 2.39. The first kappa shape index (κ1) is 24.3. The average Bonchev–Trinajstić information content (AvgIpc) is 2.79. The van der Waals surface area contributed by atoms with Gasteiger partial charge >= 0.3 is 12.1 Å². The van der Waals surface area contributed by atoms with Crippen molar-refractivity contribution in [1.82, 2.24) is 24.8 Å². The number of hydrogen-bond donors (Lipinski definition) is 1. The summed E-state index contributed by atoms with van der Waals surface area (Å²) < 4.78 is 26.2. The lowest BCUT2D eigenvalue weighted by Crippen LogP contribution is -2.42. The first-order chi connectivity index (χ1) is 16.6. The molecule has 0 saturated carbocycles. The maximum Gasteiger partial charge on any atom is 0.410 e. The number of amides is 1. The van der Waals surface area contributed by atoms with Gasteiger partial charge in [0.25, 0.3) is 0 Å². The molecule has 1 aromatic carbocycles. The number of piperidine rings is 1. The summed E-state index contributed by atoms with van der Waals surface area (Å²) in [4.78, 5) is 31.4. The van der Waals surface area contributed by atoms with Crippen molar-refractivity contribution in [3.63, 3.8) is 0 Å². The number of halogens is 1. The van der Waals surface area contributed by atoms with Crippen LogP contribution in [0.25, 0.3) is 11.1 Å². The lowest BCUT2D eigenvalue weighted by molar-refractivity contribution is 0.00906. The molecule has 1 aliphatic heterocycles. The Kier molecular flexibility index (Phi) is 6.81. The first-order valence-electron chi connectivity index (χ1n) is 11.5. The number of aromatic nitrogens is 4. The Morgan fingerprint density at radius 1 is 1.17 bits per heavy atom. The molecule has 4 rings (SSSR count). The quantitative estimate of drug-likeness (QED) is 0.540. The molecule has 0 spiro atoms. The minimum atomic E-state index is -0.632. The van der Waals surface area contributed by atoms with Crippen LogP contribution in [0.15, 0.2) is 36.8 Å². The van der Waals surface area contributed by atoms with Gasteiger partial charge < -0.3 is 15.2 Å². The number of nitrogens with zero attached hydrogens (tertiary/aromatic N) is 5. The van der Waals surface area contributed by atoms with E-state index in [0.29, 0.717) is 35.5 Å². The second kappa shape index (κ2) is 9.81. The molecule has 1 amide bonds. The van der Waals surface area contributed by atoms with Crippen molar-refractivity contribution in [2.75, 3.05) is 12.3 Å². The van der Waals surface area contributed by atoms with Crippen molar-refractivity contribution in [2.24, 2.45) is 0 Å². The fourth-order valence-corrected chi connectivity index (χ4v) is 4.03. The van der Waals surface area contributed by atoms with Crippen molar-refractivity contribution in [3.05, 3.63) is 54.0 Å². The lowest BCUT2D eigenvalue weighted by Gasteiger charge is -2.37. The van der Waals surface area contributed by atoms with E-state index in [1.54, 1.807) is 30.2 Å². The van der Waals surface area contributed by atoms with Gasteiger partial charge in [-0.1, -0.05) is 6.07 Å². The molecule has 2 N–H and O–H groups in total. The van der Waals surface area contributed by atoms with Gasteiger partial charge in [0, 0.05) is 24.0 Å². The zero-order valence-corrected chi connectivity index (χ0v) is 20.3. The minimum absolute atomic E-state index is 0.0237. The first-order valence-corrected chi connectivity index (χ1v) is 11.5. The Morgan fingerprint density at radius 2 is 1.97 bits per heavy atom. The zero-order valence-electron chi connectivity index (χ0n) is 20.3. The fraction of sp³-hybridized carbons (Fsp3) is 0.400. The topological polar surface area (TPSA) is 116 Å². The molecule has 0 aliphatic carbocycles. The lowest BCUT2D eigenvalue weighted by atomic mass is 9.93. The SMILES string of the molecule is Cc1ccnc(Oc2ccc(-c3c(N)ncnc3C3CCCCN3C(=O)OC(C)(C)C)cc2F)n1. The Hall–Kier alpha value is -3.82. The third-order valence-corrected chi connectivity index (χ3v) is 5.55. The molecule has 1 saturated heterocycles. The van der Waals surface area contributed by atoms with Gasteiger partial charge in [-0.3, -0.25) is 4.90 Å². The molecule has 3 aromatic rings. The number of carbonyl (C=O) groups excluding carboxylic acids is 1. The molecule has 1 fully saturated rings. The van der Waals surface area contributed by atoms with Crippen molar-refractivity contribution in [2.45, 2.75) is 58.6 Å². The number of hydrogen-bond acceptors (Lipinski definition) is 8. The van der Waals surface area contributed by atoms with Crippen molar-refractivity contribution < 1.29 is 18.7 Å². The van der Waals surface area contributed by atoms with Gasteiger partial charge in [-0.15, -0.1) is 0 Å². The third-order valence-electron chi connectivity index (χ3n) is 5.55. The maximum atomic E-state index is 15.1. The molecule has 184 valence electrons. The maximum absolute atomic E-state index is 15.1. The van der Waals surface area contributed by atoms with E-state index in [1.807, 2.05) is 20.8 Å². The van der Waals surface area contributed by atoms with Crippen LogP contribution in [0.2, 0.25) is 0 Å². The van der Waals surface area contributed by atoms with Crippen molar-refractivity contribution in [1.29, 1.82) is 0 Å². The highest BCUT2D eigenvalue weighted by molar-refractivity contribution is 5.78. The summed E-state index contributed by atoms with van der Waals surface area (Å²) in [5.74, 6) is -0.446. The van der Waals surface area contributed by atoms with Crippen LogP contribution < -0.4 is 10.5 Å². The summed E-state index contributed by atoms with van der Waals surface area (Å²) in [5.41, 5.74) is 7.83. The zero-order chi connectivity index (χ0) is 25.2. The Labute approximate surface area is 203 Å². The number of carbonyl (C=O) groups is 1. The third kappa shape index (κ3) is 5.64. The predicted octanol–water partition coefficient (Wildman–Crippen LogP) is 5.22. The smallest absolute Gasteiger partial charge is 0.410 e. The summed E-state index contributed by atoms with van der Waals surface area (Å²) in [6.45, 7) is 7.80. The summed E-state index contributed by atoms with van der Waals surface area (Å²) in [6.07, 6.45) is 4.92. The largest absolute Gasteiger partial charge is 0.444 e. The second-order valence-corrected chi connectivity index (χ2v) is 9.43. The molecular weight excluding hydrogens is 451 g/mol. The fourth-order valence-electron chi connectivity index (χ4n) is 4.03. The minimum Gasteiger partial charge on any atom is -0.444 e. The molecule has 1 aliphatic rings. The van der Waals surface area contributed by atoms with E-state index in [2.05, 4.69) is 19.9 Å². The second-order valence-electron chi connectivity index (χ2n) is 9.43. The van der Waals surface area contributed by atoms with E-state index < -0.39 is 17.5 Å². The predicted molar refractivity (Wildman–Crippen MR) is 128 cm³/mol. The van der Waals surface area contributed by atoms with Crippen LogP contribution in [-0.4, -0.2) is 43.1 Å². The molecule has 1 atom stereocenters. The Bertz CT molecular complexity index is 1230. The highest BCUT2D eigenvalue weighted by Gasteiger charge is 2.34. The molecule has 35 heavy (non-hydrogen) atoms. The van der Waals surface area contributed by atoms with Crippen molar-refractivity contribution in [3.8, 4) is 22.9 Å². The molecule has 10 heteroatoms. The molecule has 3 heterocycles. The van der Waals surface area contributed by atoms with Crippen LogP contribution in [0.5, 0.6) is 11.8 Å². The molecule has 0 radical (unpaired) electrons. The van der Waals surface area contributed by atoms with E-state index in [0.717, 1.165) is 12.8 Å². The number of nitrogens with two attached hydrogens (primary N) is 1. The molecule has 1 unspecified atom stereocenters. The molecular formula is C25H29FN6O3.